The molecule has 0 aliphatic carbocycles. The average molecular weight is 327 g/mol. The molecule has 25 heavy (non-hydrogen) atoms. The number of aromatic nitrogens is 3. The summed E-state index contributed by atoms with van der Waals surface area (Å²) in [6, 6.07) is 17.1. The smallest absolute Gasteiger partial charge is 0.231 e. The van der Waals surface area contributed by atoms with Gasteiger partial charge in [-0.05, 0) is 17.7 Å². The van der Waals surface area contributed by atoms with E-state index in [1.54, 1.807) is 0 Å². The van der Waals surface area contributed by atoms with Gasteiger partial charge in [-0.25, -0.2) is 0 Å². The van der Waals surface area contributed by atoms with E-state index in [0.29, 0.717) is 0 Å². The number of fused-ring (bicyclic) bond motifs is 1. The molecule has 3 heteroatoms. The number of rotatable bonds is 2. The molecular weight excluding hydrogens is 306 g/mol. The van der Waals surface area contributed by atoms with Crippen LogP contribution in [0.25, 0.3) is 27.7 Å². The molecule has 2 heterocycles. The molecule has 4 rings (SSSR count). The summed E-state index contributed by atoms with van der Waals surface area (Å²) in [5, 5.41) is 2.49. The summed E-state index contributed by atoms with van der Waals surface area (Å²) in [5.41, 5.74) is 6.02. The van der Waals surface area contributed by atoms with Gasteiger partial charge < -0.3 is 0 Å². The quantitative estimate of drug-likeness (QED) is 0.515. The second-order valence-corrected chi connectivity index (χ2v) is 6.40. The Morgan fingerprint density at radius 2 is 1.72 bits per heavy atom. The van der Waals surface area contributed by atoms with Crippen LogP contribution in [0.5, 0.6) is 0 Å². The summed E-state index contributed by atoms with van der Waals surface area (Å²) in [6.45, 7) is 4.34. The van der Waals surface area contributed by atoms with Crippen LogP contribution in [0.1, 0.15) is 11.3 Å². The van der Waals surface area contributed by atoms with Crippen LogP contribution < -0.4 is 9.13 Å². The fraction of sp³-hybridized carbons (Fsp3) is 0.136. The van der Waals surface area contributed by atoms with Crippen molar-refractivity contribution < 1.29 is 9.13 Å². The first-order valence-electron chi connectivity index (χ1n) is 8.47. The highest BCUT2D eigenvalue weighted by molar-refractivity contribution is 5.98. The average Bonchev–Trinajstić information content (AvgIpc) is 2.63. The van der Waals surface area contributed by atoms with Gasteiger partial charge in [-0.1, -0.05) is 30.3 Å². The number of pyridine rings is 1. The molecule has 0 atom stereocenters. The molecule has 2 aromatic carbocycles. The lowest BCUT2D eigenvalue weighted by Gasteiger charge is -2.11. The minimum absolute atomic E-state index is 1.12. The lowest BCUT2D eigenvalue weighted by Crippen LogP contribution is -2.35. The monoisotopic (exact) mass is 327 g/mol. The summed E-state index contributed by atoms with van der Waals surface area (Å²) in [4.78, 5) is 4.36. The van der Waals surface area contributed by atoms with Crippen molar-refractivity contribution in [2.75, 3.05) is 0 Å². The molecule has 0 amide bonds. The van der Waals surface area contributed by atoms with Crippen molar-refractivity contribution in [1.82, 2.24) is 4.98 Å². The van der Waals surface area contributed by atoms with Crippen molar-refractivity contribution in [3.8, 4) is 16.9 Å². The van der Waals surface area contributed by atoms with Gasteiger partial charge >= 0.3 is 0 Å². The van der Waals surface area contributed by atoms with Crippen LogP contribution in [0, 0.1) is 13.8 Å². The third-order valence-electron chi connectivity index (χ3n) is 4.81. The van der Waals surface area contributed by atoms with E-state index in [1.165, 1.54) is 33.3 Å². The first-order chi connectivity index (χ1) is 12.2. The van der Waals surface area contributed by atoms with E-state index < -0.39 is 0 Å². The lowest BCUT2D eigenvalue weighted by molar-refractivity contribution is -0.660. The SMILES string of the molecule is Cc1c(-[n+]2ccccc2C)cc2ccccc2c1-c1cncc[n+]1C. The molecule has 0 saturated carbocycles. The maximum Gasteiger partial charge on any atom is 0.231 e. The van der Waals surface area contributed by atoms with Gasteiger partial charge in [0, 0.05) is 30.7 Å². The second-order valence-electron chi connectivity index (χ2n) is 6.40. The number of hydrogen-bond donors (Lipinski definition) is 0. The fourth-order valence-electron chi connectivity index (χ4n) is 3.48. The Morgan fingerprint density at radius 1 is 0.920 bits per heavy atom. The van der Waals surface area contributed by atoms with Gasteiger partial charge in [-0.15, -0.1) is 0 Å². The van der Waals surface area contributed by atoms with Crippen molar-refractivity contribution in [3.05, 3.63) is 84.6 Å². The van der Waals surface area contributed by atoms with Crippen LogP contribution in [0.15, 0.2) is 73.3 Å². The van der Waals surface area contributed by atoms with E-state index in [9.17, 15) is 0 Å². The largest absolute Gasteiger partial charge is 0.252 e. The molecule has 2 aromatic heterocycles. The van der Waals surface area contributed by atoms with Crippen LogP contribution in [0.4, 0.5) is 0 Å². The molecular formula is C22H21N3+2. The van der Waals surface area contributed by atoms with Crippen molar-refractivity contribution in [2.24, 2.45) is 7.05 Å². The van der Waals surface area contributed by atoms with Crippen LogP contribution in [0.3, 0.4) is 0 Å². The van der Waals surface area contributed by atoms with Gasteiger partial charge in [-0.3, -0.25) is 4.98 Å². The molecule has 3 nitrogen and oxygen atoms in total. The first kappa shape index (κ1) is 15.5. The topological polar surface area (TPSA) is 20.6 Å². The van der Waals surface area contributed by atoms with Crippen LogP contribution in [-0.4, -0.2) is 4.98 Å². The van der Waals surface area contributed by atoms with Crippen molar-refractivity contribution in [2.45, 2.75) is 13.8 Å². The first-order valence-corrected chi connectivity index (χ1v) is 8.47. The predicted octanol–water partition coefficient (Wildman–Crippen LogP) is 3.62. The molecule has 0 bridgehead atoms. The number of benzene rings is 2. The minimum atomic E-state index is 1.12. The Bertz CT molecular complexity index is 1080. The van der Waals surface area contributed by atoms with E-state index in [2.05, 4.69) is 89.7 Å². The maximum atomic E-state index is 4.36. The highest BCUT2D eigenvalue weighted by Gasteiger charge is 2.23. The van der Waals surface area contributed by atoms with Gasteiger partial charge in [0.15, 0.2) is 18.1 Å². The van der Waals surface area contributed by atoms with Gasteiger partial charge in [-0.2, -0.15) is 9.13 Å². The van der Waals surface area contributed by atoms with Crippen molar-refractivity contribution >= 4 is 10.8 Å². The third-order valence-corrected chi connectivity index (χ3v) is 4.81. The Balaban J connectivity index is 2.13. The molecule has 0 spiro atoms. The molecule has 0 saturated heterocycles. The normalized spacial score (nSPS) is 11.0. The van der Waals surface area contributed by atoms with Gasteiger partial charge in [0.05, 0.1) is 18.0 Å². The van der Waals surface area contributed by atoms with Gasteiger partial charge in [0.2, 0.25) is 11.4 Å². The molecule has 0 aliphatic heterocycles. The highest BCUT2D eigenvalue weighted by atomic mass is 15.0. The van der Waals surface area contributed by atoms with E-state index in [1.807, 2.05) is 18.6 Å². The minimum Gasteiger partial charge on any atom is -0.252 e. The summed E-state index contributed by atoms with van der Waals surface area (Å²) >= 11 is 0. The highest BCUT2D eigenvalue weighted by Crippen LogP contribution is 2.32. The molecule has 0 radical (unpaired) electrons. The lowest BCUT2D eigenvalue weighted by atomic mass is 9.95. The maximum absolute atomic E-state index is 4.36. The van der Waals surface area contributed by atoms with Crippen LogP contribution in [0.2, 0.25) is 0 Å². The molecule has 0 N–H and O–H groups in total. The second kappa shape index (κ2) is 6.10. The van der Waals surface area contributed by atoms with E-state index >= 15 is 0 Å². The van der Waals surface area contributed by atoms with Crippen molar-refractivity contribution in [3.63, 3.8) is 0 Å². The Morgan fingerprint density at radius 3 is 2.52 bits per heavy atom. The third kappa shape index (κ3) is 2.58. The summed E-state index contributed by atoms with van der Waals surface area (Å²) < 4.78 is 4.38. The summed E-state index contributed by atoms with van der Waals surface area (Å²) in [6.07, 6.45) is 7.89. The molecule has 0 unspecified atom stereocenters. The molecule has 0 fully saturated rings. The van der Waals surface area contributed by atoms with E-state index in [-0.39, 0.29) is 0 Å². The van der Waals surface area contributed by atoms with Gasteiger partial charge in [0.25, 0.3) is 0 Å². The fourth-order valence-corrected chi connectivity index (χ4v) is 3.48. The summed E-state index contributed by atoms with van der Waals surface area (Å²) in [5.74, 6) is 0. The van der Waals surface area contributed by atoms with Crippen LogP contribution >= 0.6 is 0 Å². The number of nitrogens with zero attached hydrogens (tertiary/aromatic N) is 3. The zero-order valence-electron chi connectivity index (χ0n) is 14.8. The molecule has 122 valence electrons. The Kier molecular flexibility index (Phi) is 3.77. The van der Waals surface area contributed by atoms with Crippen LogP contribution in [-0.2, 0) is 7.05 Å². The molecule has 4 aromatic rings. The summed E-state index contributed by atoms with van der Waals surface area (Å²) in [7, 11) is 2.07. The Hall–Kier alpha value is -3.07. The number of hydrogen-bond acceptors (Lipinski definition) is 1. The van der Waals surface area contributed by atoms with E-state index in [0.717, 1.165) is 5.69 Å². The number of aryl methyl sites for hydroxylation is 2. The molecule has 0 aliphatic rings. The standard InChI is InChI=1S/C22H21N3/c1-16-8-6-7-12-25(16)20-14-18-9-4-5-10-19(18)22(17(20)2)21-15-23-11-13-24(21)3/h4-15H,1-3H3/q+2. The van der Waals surface area contributed by atoms with Gasteiger partial charge in [0.1, 0.15) is 7.05 Å². The Labute approximate surface area is 147 Å². The predicted molar refractivity (Wildman–Crippen MR) is 99.4 cm³/mol. The zero-order valence-corrected chi connectivity index (χ0v) is 14.8. The zero-order chi connectivity index (χ0) is 17.4. The van der Waals surface area contributed by atoms with Crippen molar-refractivity contribution in [1.29, 1.82) is 0 Å². The van der Waals surface area contributed by atoms with E-state index in [4.69, 9.17) is 0 Å².